The summed E-state index contributed by atoms with van der Waals surface area (Å²) in [5, 5.41) is 31.1. The fourth-order valence-electron chi connectivity index (χ4n) is 6.52. The lowest BCUT2D eigenvalue weighted by molar-refractivity contribution is 0.0216. The fraction of sp³-hybridized carbons (Fsp3) is 0.793. The first-order valence-corrected chi connectivity index (χ1v) is 14.5. The Balaban J connectivity index is 1.55. The maximum Gasteiger partial charge on any atom is 0.0642 e. The maximum absolute atomic E-state index is 10.5. The average molecular weight is 477 g/mol. The highest BCUT2D eigenvalue weighted by Gasteiger charge is 2.46. The van der Waals surface area contributed by atoms with Gasteiger partial charge in [-0.3, -0.25) is 0 Å². The van der Waals surface area contributed by atoms with E-state index in [2.05, 4.69) is 57.7 Å². The van der Waals surface area contributed by atoms with Crippen LogP contribution in [0.1, 0.15) is 105 Å². The molecule has 1 unspecified atom stereocenters. The van der Waals surface area contributed by atoms with Gasteiger partial charge < -0.3 is 15.3 Å². The van der Waals surface area contributed by atoms with Crippen molar-refractivity contribution in [1.29, 1.82) is 0 Å². The van der Waals surface area contributed by atoms with Gasteiger partial charge in [0.1, 0.15) is 0 Å². The van der Waals surface area contributed by atoms with Gasteiger partial charge in [-0.2, -0.15) is 11.8 Å². The molecule has 3 N–H and O–H groups in total. The zero-order valence-electron chi connectivity index (χ0n) is 21.5. The van der Waals surface area contributed by atoms with Crippen LogP contribution in [0.25, 0.3) is 0 Å². The average Bonchev–Trinajstić information content (AvgIpc) is 3.14. The SMILES string of the molecule is CCC(O)(CC)CCCCS[C@@H](C)C1=CCC2/C(=C/C=C3C[C@@H](O)C[C@H](O)C3)CCC[C@]12C. The van der Waals surface area contributed by atoms with Crippen molar-refractivity contribution in [1.82, 2.24) is 0 Å². The van der Waals surface area contributed by atoms with Crippen LogP contribution < -0.4 is 0 Å². The molecule has 0 aromatic carbocycles. The number of fused-ring (bicyclic) bond motifs is 1. The predicted octanol–water partition coefficient (Wildman–Crippen LogP) is 6.72. The van der Waals surface area contributed by atoms with Gasteiger partial charge in [0, 0.05) is 5.25 Å². The molecular weight excluding hydrogens is 428 g/mol. The quantitative estimate of drug-likeness (QED) is 0.242. The van der Waals surface area contributed by atoms with Crippen molar-refractivity contribution < 1.29 is 15.3 Å². The van der Waals surface area contributed by atoms with Crippen molar-refractivity contribution in [2.45, 2.75) is 128 Å². The zero-order valence-corrected chi connectivity index (χ0v) is 22.3. The van der Waals surface area contributed by atoms with Crippen molar-refractivity contribution in [3.8, 4) is 0 Å². The van der Waals surface area contributed by atoms with E-state index >= 15 is 0 Å². The predicted molar refractivity (Wildman–Crippen MR) is 141 cm³/mol. The Morgan fingerprint density at radius 1 is 1.15 bits per heavy atom. The van der Waals surface area contributed by atoms with Crippen molar-refractivity contribution in [3.63, 3.8) is 0 Å². The Morgan fingerprint density at radius 3 is 2.52 bits per heavy atom. The highest BCUT2D eigenvalue weighted by molar-refractivity contribution is 8.00. The molecular formula is C29H48O3S. The Labute approximate surface area is 206 Å². The Bertz CT molecular complexity index is 723. The third-order valence-electron chi connectivity index (χ3n) is 8.84. The Kier molecular flexibility index (Phi) is 9.77. The van der Waals surface area contributed by atoms with E-state index in [1.165, 1.54) is 37.0 Å². The Hall–Kier alpha value is -0.550. The molecule has 4 heteroatoms. The normalized spacial score (nSPS) is 32.6. The van der Waals surface area contributed by atoms with Gasteiger partial charge >= 0.3 is 0 Å². The van der Waals surface area contributed by atoms with Crippen LogP contribution in [0.15, 0.2) is 34.9 Å². The van der Waals surface area contributed by atoms with Crippen LogP contribution in [0.5, 0.6) is 0 Å². The fourth-order valence-corrected chi connectivity index (χ4v) is 7.79. The number of rotatable bonds is 10. The molecule has 0 bridgehead atoms. The summed E-state index contributed by atoms with van der Waals surface area (Å²) in [5.41, 5.74) is 4.21. The number of hydrogen-bond acceptors (Lipinski definition) is 4. The van der Waals surface area contributed by atoms with Gasteiger partial charge in [0.05, 0.1) is 17.8 Å². The van der Waals surface area contributed by atoms with Gasteiger partial charge in [0.2, 0.25) is 0 Å². The van der Waals surface area contributed by atoms with E-state index in [4.69, 9.17) is 0 Å². The summed E-state index contributed by atoms with van der Waals surface area (Å²) >= 11 is 2.09. The molecule has 0 spiro atoms. The van der Waals surface area contributed by atoms with E-state index in [1.54, 1.807) is 11.1 Å². The van der Waals surface area contributed by atoms with Gasteiger partial charge in [-0.15, -0.1) is 0 Å². The minimum atomic E-state index is -0.459. The minimum Gasteiger partial charge on any atom is -0.393 e. The monoisotopic (exact) mass is 476 g/mol. The van der Waals surface area contributed by atoms with Crippen molar-refractivity contribution in [2.75, 3.05) is 5.75 Å². The van der Waals surface area contributed by atoms with Crippen LogP contribution in [0.2, 0.25) is 0 Å². The molecule has 0 radical (unpaired) electrons. The molecule has 5 atom stereocenters. The molecule has 3 aliphatic rings. The van der Waals surface area contributed by atoms with Gasteiger partial charge in [-0.25, -0.2) is 0 Å². The van der Waals surface area contributed by atoms with Crippen molar-refractivity contribution in [2.24, 2.45) is 11.3 Å². The molecule has 0 aromatic rings. The smallest absolute Gasteiger partial charge is 0.0642 e. The Morgan fingerprint density at radius 2 is 1.85 bits per heavy atom. The molecule has 0 saturated heterocycles. The summed E-state index contributed by atoms with van der Waals surface area (Å²) in [7, 11) is 0. The van der Waals surface area contributed by atoms with Crippen LogP contribution >= 0.6 is 11.8 Å². The van der Waals surface area contributed by atoms with Crippen LogP contribution in [0, 0.1) is 11.3 Å². The molecule has 3 nitrogen and oxygen atoms in total. The number of hydrogen-bond donors (Lipinski definition) is 3. The third kappa shape index (κ3) is 6.78. The number of aliphatic hydroxyl groups is 3. The van der Waals surface area contributed by atoms with E-state index < -0.39 is 17.8 Å². The number of unbranched alkanes of at least 4 members (excludes halogenated alkanes) is 1. The zero-order chi connectivity index (χ0) is 24.1. The van der Waals surface area contributed by atoms with Crippen LogP contribution in [0.4, 0.5) is 0 Å². The van der Waals surface area contributed by atoms with Crippen LogP contribution in [-0.4, -0.2) is 44.1 Å². The summed E-state index contributed by atoms with van der Waals surface area (Å²) in [6, 6.07) is 0. The highest BCUT2D eigenvalue weighted by atomic mass is 32.2. The summed E-state index contributed by atoms with van der Waals surface area (Å²) < 4.78 is 0. The highest BCUT2D eigenvalue weighted by Crippen LogP contribution is 2.56. The van der Waals surface area contributed by atoms with E-state index in [0.717, 1.165) is 32.1 Å². The molecule has 2 fully saturated rings. The summed E-state index contributed by atoms with van der Waals surface area (Å²) in [6.45, 7) is 9.07. The summed E-state index contributed by atoms with van der Waals surface area (Å²) in [4.78, 5) is 0. The molecule has 33 heavy (non-hydrogen) atoms. The van der Waals surface area contributed by atoms with Crippen molar-refractivity contribution in [3.05, 3.63) is 34.9 Å². The molecule has 0 aliphatic heterocycles. The van der Waals surface area contributed by atoms with E-state index in [0.29, 0.717) is 30.4 Å². The van der Waals surface area contributed by atoms with E-state index in [1.807, 2.05) is 0 Å². The molecule has 2 saturated carbocycles. The number of aliphatic hydroxyl groups excluding tert-OH is 2. The lowest BCUT2D eigenvalue weighted by Crippen LogP contribution is -2.33. The second kappa shape index (κ2) is 11.9. The van der Waals surface area contributed by atoms with Crippen LogP contribution in [0.3, 0.4) is 0 Å². The molecule has 3 aliphatic carbocycles. The minimum absolute atomic E-state index is 0.269. The first kappa shape index (κ1) is 27.0. The largest absolute Gasteiger partial charge is 0.393 e. The summed E-state index contributed by atoms with van der Waals surface area (Å²) in [5.74, 6) is 1.77. The maximum atomic E-state index is 10.5. The molecule has 0 heterocycles. The lowest BCUT2D eigenvalue weighted by Gasteiger charge is -2.42. The molecule has 3 rings (SSSR count). The summed E-state index contributed by atoms with van der Waals surface area (Å²) in [6.07, 6.45) is 18.0. The first-order chi connectivity index (χ1) is 15.7. The molecule has 0 aromatic heterocycles. The van der Waals surface area contributed by atoms with Gasteiger partial charge in [-0.05, 0) is 101 Å². The van der Waals surface area contributed by atoms with Gasteiger partial charge in [0.25, 0.3) is 0 Å². The molecule has 0 amide bonds. The second-order valence-electron chi connectivity index (χ2n) is 11.1. The van der Waals surface area contributed by atoms with E-state index in [9.17, 15) is 15.3 Å². The van der Waals surface area contributed by atoms with E-state index in [-0.39, 0.29) is 5.41 Å². The number of allylic oxidation sites excluding steroid dienone is 4. The van der Waals surface area contributed by atoms with Gasteiger partial charge in [-0.1, -0.05) is 55.7 Å². The lowest BCUT2D eigenvalue weighted by atomic mass is 9.64. The third-order valence-corrected chi connectivity index (χ3v) is 10.1. The standard InChI is InChI=1S/C29H48O3S/c1-5-29(32,6-2)16-7-8-17-33-21(3)26-13-14-27-23(10-9-15-28(26,27)4)12-11-22-18-24(30)20-25(31)19-22/h11-13,21,24-25,27,30-32H,5-10,14-20H2,1-4H3/b23-12+/t21-,24+,25+,27?,28+/m0/s1. The number of thioether (sulfide) groups is 1. The van der Waals surface area contributed by atoms with Crippen molar-refractivity contribution >= 4 is 11.8 Å². The van der Waals surface area contributed by atoms with Crippen LogP contribution in [-0.2, 0) is 0 Å². The topological polar surface area (TPSA) is 60.7 Å². The second-order valence-corrected chi connectivity index (χ2v) is 12.6. The molecule has 188 valence electrons. The van der Waals surface area contributed by atoms with Gasteiger partial charge in [0.15, 0.2) is 0 Å². The first-order valence-electron chi connectivity index (χ1n) is 13.5.